The maximum absolute atomic E-state index is 12.1. The first kappa shape index (κ1) is 19.3. The van der Waals surface area contributed by atoms with E-state index in [1.165, 1.54) is 18.1 Å². The van der Waals surface area contributed by atoms with E-state index < -0.39 is 0 Å². The Kier molecular flexibility index (Phi) is 5.19. The minimum atomic E-state index is -0.0216. The van der Waals surface area contributed by atoms with Crippen LogP contribution in [-0.2, 0) is 6.54 Å². The number of fused-ring (bicyclic) bond motifs is 1. The summed E-state index contributed by atoms with van der Waals surface area (Å²) in [7, 11) is 0. The van der Waals surface area contributed by atoms with Crippen molar-refractivity contribution < 1.29 is 4.79 Å². The van der Waals surface area contributed by atoms with Crippen molar-refractivity contribution in [3.63, 3.8) is 0 Å². The van der Waals surface area contributed by atoms with E-state index in [1.807, 2.05) is 31.2 Å². The smallest absolute Gasteiger partial charge is 0.251 e. The molecule has 1 aliphatic heterocycles. The van der Waals surface area contributed by atoms with Gasteiger partial charge in [0.15, 0.2) is 0 Å². The lowest BCUT2D eigenvalue weighted by Crippen LogP contribution is -2.25. The second-order valence-electron chi connectivity index (χ2n) is 7.25. The largest absolute Gasteiger partial charge is 0.365 e. The molecule has 148 valence electrons. The molecule has 4 N–H and O–H groups in total. The van der Waals surface area contributed by atoms with Gasteiger partial charge in [-0.15, -0.1) is 0 Å². The number of hydrogen-bond donors (Lipinski definition) is 4. The molecule has 7 nitrogen and oxygen atoms in total. The standard InChI is InChI=1S/C21H22N6OS/c1-11(12(2)22)16-17-18(29-19(16)23)20(26-10-25-17)24-9-13-3-5-14(6-4-13)21(28)27-15-7-8-15/h3-6,10,15,22-23H,7-9H2,1-2H3,(H,27,28)(H,24,25,26)/b16-11-,22-12?,23-19?. The Bertz CT molecular complexity index is 1040. The van der Waals surface area contributed by atoms with Crippen LogP contribution in [0.15, 0.2) is 41.1 Å². The van der Waals surface area contributed by atoms with Crippen LogP contribution < -0.4 is 10.6 Å². The summed E-state index contributed by atoms with van der Waals surface area (Å²) in [6, 6.07) is 7.87. The first-order chi connectivity index (χ1) is 13.9. The van der Waals surface area contributed by atoms with Crippen LogP contribution in [0.2, 0.25) is 0 Å². The van der Waals surface area contributed by atoms with Gasteiger partial charge < -0.3 is 16.0 Å². The second kappa shape index (κ2) is 7.79. The minimum Gasteiger partial charge on any atom is -0.365 e. The Hall–Kier alpha value is -3.00. The van der Waals surface area contributed by atoms with Gasteiger partial charge >= 0.3 is 0 Å². The molecule has 2 heterocycles. The van der Waals surface area contributed by atoms with E-state index in [2.05, 4.69) is 20.6 Å². The number of benzene rings is 1. The lowest BCUT2D eigenvalue weighted by molar-refractivity contribution is 0.0951. The Morgan fingerprint density at radius 2 is 1.93 bits per heavy atom. The fourth-order valence-electron chi connectivity index (χ4n) is 3.03. The van der Waals surface area contributed by atoms with E-state index in [1.54, 1.807) is 6.92 Å². The van der Waals surface area contributed by atoms with Crippen LogP contribution >= 0.6 is 11.8 Å². The van der Waals surface area contributed by atoms with E-state index in [4.69, 9.17) is 10.8 Å². The molecule has 2 aromatic rings. The number of aromatic nitrogens is 2. The van der Waals surface area contributed by atoms with Crippen molar-refractivity contribution in [3.8, 4) is 0 Å². The third-order valence-electron chi connectivity index (χ3n) is 5.00. The number of carbonyl (C=O) groups excluding carboxylic acids is 1. The Balaban J connectivity index is 1.49. The number of allylic oxidation sites excluding steroid dienone is 1. The van der Waals surface area contributed by atoms with Gasteiger partial charge in [0, 0.05) is 29.4 Å². The molecule has 0 atom stereocenters. The topological polar surface area (TPSA) is 115 Å². The SMILES string of the molecule is CC(=N)/C(C)=C1\C(=N)Sc2c(NCc3ccc(C(=O)NC4CC4)cc3)ncnc21. The van der Waals surface area contributed by atoms with Crippen molar-refractivity contribution in [1.29, 1.82) is 10.8 Å². The molecule has 0 unspecified atom stereocenters. The summed E-state index contributed by atoms with van der Waals surface area (Å²) in [4.78, 5) is 21.6. The summed E-state index contributed by atoms with van der Waals surface area (Å²) in [5.41, 5.74) is 4.28. The van der Waals surface area contributed by atoms with Crippen molar-refractivity contribution in [2.75, 3.05) is 5.32 Å². The Morgan fingerprint density at radius 1 is 1.21 bits per heavy atom. The van der Waals surface area contributed by atoms with Gasteiger partial charge in [-0.25, -0.2) is 9.97 Å². The molecular weight excluding hydrogens is 384 g/mol. The molecule has 29 heavy (non-hydrogen) atoms. The Labute approximate surface area is 173 Å². The lowest BCUT2D eigenvalue weighted by Gasteiger charge is -2.10. The molecule has 0 spiro atoms. The molecule has 8 heteroatoms. The van der Waals surface area contributed by atoms with Crippen molar-refractivity contribution in [3.05, 3.63) is 53.0 Å². The van der Waals surface area contributed by atoms with Gasteiger partial charge in [-0.05, 0) is 50.0 Å². The zero-order chi connectivity index (χ0) is 20.5. The second-order valence-corrected chi connectivity index (χ2v) is 8.28. The van der Waals surface area contributed by atoms with Crippen LogP contribution in [0.1, 0.15) is 48.3 Å². The molecule has 1 aromatic carbocycles. The van der Waals surface area contributed by atoms with Crippen molar-refractivity contribution in [2.45, 2.75) is 44.2 Å². The number of nitrogens with zero attached hydrogens (tertiary/aromatic N) is 2. The fraction of sp³-hybridized carbons (Fsp3) is 0.286. The molecule has 1 aliphatic carbocycles. The summed E-state index contributed by atoms with van der Waals surface area (Å²) in [5.74, 6) is 0.650. The number of amides is 1. The number of hydrogen-bond acceptors (Lipinski definition) is 7. The highest BCUT2D eigenvalue weighted by Gasteiger charge is 2.29. The van der Waals surface area contributed by atoms with E-state index in [-0.39, 0.29) is 5.91 Å². The van der Waals surface area contributed by atoms with Crippen LogP contribution in [-0.4, -0.2) is 32.7 Å². The van der Waals surface area contributed by atoms with Gasteiger partial charge in [0.2, 0.25) is 0 Å². The maximum atomic E-state index is 12.1. The van der Waals surface area contributed by atoms with Crippen LogP contribution in [0.4, 0.5) is 5.82 Å². The molecule has 1 aromatic heterocycles. The first-order valence-corrected chi connectivity index (χ1v) is 10.3. The minimum absolute atomic E-state index is 0.0216. The third-order valence-corrected chi connectivity index (χ3v) is 6.00. The quantitative estimate of drug-likeness (QED) is 0.544. The highest BCUT2D eigenvalue weighted by Crippen LogP contribution is 2.44. The fourth-order valence-corrected chi connectivity index (χ4v) is 4.06. The predicted octanol–water partition coefficient (Wildman–Crippen LogP) is 3.88. The van der Waals surface area contributed by atoms with E-state index in [0.717, 1.165) is 28.9 Å². The molecule has 1 saturated carbocycles. The van der Waals surface area contributed by atoms with Gasteiger partial charge in [-0.2, -0.15) is 0 Å². The highest BCUT2D eigenvalue weighted by atomic mass is 32.2. The van der Waals surface area contributed by atoms with Crippen molar-refractivity contribution >= 4 is 39.8 Å². The lowest BCUT2D eigenvalue weighted by atomic mass is 10.0. The van der Waals surface area contributed by atoms with Gasteiger partial charge in [0.25, 0.3) is 5.91 Å². The number of carbonyl (C=O) groups is 1. The third kappa shape index (κ3) is 4.07. The van der Waals surface area contributed by atoms with Gasteiger partial charge in [-0.1, -0.05) is 23.9 Å². The van der Waals surface area contributed by atoms with Gasteiger partial charge in [0.1, 0.15) is 17.2 Å². The zero-order valence-corrected chi connectivity index (χ0v) is 17.1. The van der Waals surface area contributed by atoms with E-state index in [9.17, 15) is 4.79 Å². The normalized spacial score (nSPS) is 17.0. The zero-order valence-electron chi connectivity index (χ0n) is 16.3. The molecule has 0 radical (unpaired) electrons. The van der Waals surface area contributed by atoms with E-state index in [0.29, 0.717) is 46.0 Å². The average molecular weight is 407 g/mol. The summed E-state index contributed by atoms with van der Waals surface area (Å²) < 4.78 is 0. The molecule has 4 rings (SSSR count). The van der Waals surface area contributed by atoms with Crippen molar-refractivity contribution in [2.24, 2.45) is 0 Å². The molecule has 0 saturated heterocycles. The van der Waals surface area contributed by atoms with Crippen molar-refractivity contribution in [1.82, 2.24) is 15.3 Å². The molecule has 1 amide bonds. The van der Waals surface area contributed by atoms with Crippen LogP contribution in [0.5, 0.6) is 0 Å². The van der Waals surface area contributed by atoms with Gasteiger partial charge in [0.05, 0.1) is 10.6 Å². The summed E-state index contributed by atoms with van der Waals surface area (Å²) in [6.07, 6.45) is 3.63. The number of nitrogens with one attached hydrogen (secondary N) is 4. The summed E-state index contributed by atoms with van der Waals surface area (Å²) in [6.45, 7) is 4.11. The molecule has 0 bridgehead atoms. The van der Waals surface area contributed by atoms with Gasteiger partial charge in [-0.3, -0.25) is 10.2 Å². The summed E-state index contributed by atoms with van der Waals surface area (Å²) >= 11 is 1.31. The molecular formula is C21H22N6OS. The van der Waals surface area contributed by atoms with Crippen LogP contribution in [0.3, 0.4) is 0 Å². The maximum Gasteiger partial charge on any atom is 0.251 e. The number of thioether (sulfide) groups is 1. The molecule has 1 fully saturated rings. The number of rotatable bonds is 6. The van der Waals surface area contributed by atoms with E-state index >= 15 is 0 Å². The average Bonchev–Trinajstić information content (AvgIpc) is 3.45. The van der Waals surface area contributed by atoms with Crippen LogP contribution in [0.25, 0.3) is 5.57 Å². The predicted molar refractivity (Wildman–Crippen MR) is 116 cm³/mol. The Morgan fingerprint density at radius 3 is 2.59 bits per heavy atom. The van der Waals surface area contributed by atoms with Crippen LogP contribution in [0, 0.1) is 10.8 Å². The number of anilines is 1. The monoisotopic (exact) mass is 406 g/mol. The highest BCUT2D eigenvalue weighted by molar-refractivity contribution is 8.15. The first-order valence-electron chi connectivity index (χ1n) is 9.46. The molecule has 2 aliphatic rings. The summed E-state index contributed by atoms with van der Waals surface area (Å²) in [5, 5.41) is 22.9.